The maximum absolute atomic E-state index is 12.9. The van der Waals surface area contributed by atoms with E-state index in [0.717, 1.165) is 16.8 Å². The number of para-hydroxylation sites is 1. The average molecular weight is 532 g/mol. The van der Waals surface area contributed by atoms with Crippen LogP contribution in [-0.2, 0) is 9.59 Å². The summed E-state index contributed by atoms with van der Waals surface area (Å²) in [7, 11) is 0. The second-order valence-electron chi connectivity index (χ2n) is 7.22. The van der Waals surface area contributed by atoms with E-state index in [2.05, 4.69) is 5.43 Å². The number of thioether (sulfide) groups is 1. The van der Waals surface area contributed by atoms with Gasteiger partial charge >= 0.3 is 5.97 Å². The molecule has 0 bridgehead atoms. The number of rotatable bonds is 10. The Balaban J connectivity index is 1.82. The molecule has 1 aliphatic heterocycles. The SMILES string of the molecule is CCOc1cc(/C=C2/SC(=S)N(NC(=O)c3ccccc3[N+](=O)[O-])C2=O)ccc1OC(CC)C(=O)O. The number of benzene rings is 2. The summed E-state index contributed by atoms with van der Waals surface area (Å²) in [6.07, 6.45) is 0.732. The van der Waals surface area contributed by atoms with Crippen LogP contribution >= 0.6 is 24.0 Å². The number of hydrogen-bond acceptors (Lipinski definition) is 9. The molecule has 1 fully saturated rings. The van der Waals surface area contributed by atoms with Crippen LogP contribution < -0.4 is 14.9 Å². The van der Waals surface area contributed by atoms with Crippen LogP contribution in [0.1, 0.15) is 36.2 Å². The zero-order valence-electron chi connectivity index (χ0n) is 19.1. The molecule has 1 saturated heterocycles. The lowest BCUT2D eigenvalue weighted by Crippen LogP contribution is -2.45. The molecular formula is C23H21N3O8S2. The summed E-state index contributed by atoms with van der Waals surface area (Å²) in [6.45, 7) is 3.74. The maximum atomic E-state index is 12.9. The number of amides is 2. The van der Waals surface area contributed by atoms with Crippen molar-refractivity contribution in [3.05, 3.63) is 68.6 Å². The van der Waals surface area contributed by atoms with Crippen molar-refractivity contribution in [1.82, 2.24) is 10.4 Å². The van der Waals surface area contributed by atoms with Gasteiger partial charge in [-0.2, -0.15) is 5.01 Å². The van der Waals surface area contributed by atoms with Crippen LogP contribution in [0.15, 0.2) is 47.4 Å². The Morgan fingerprint density at radius 3 is 2.61 bits per heavy atom. The molecule has 1 heterocycles. The number of hydrazine groups is 1. The average Bonchev–Trinajstić information content (AvgIpc) is 3.10. The Kier molecular flexibility index (Phi) is 8.61. The highest BCUT2D eigenvalue weighted by Gasteiger charge is 2.35. The number of nitro benzene ring substituents is 1. The van der Waals surface area contributed by atoms with E-state index in [4.69, 9.17) is 21.7 Å². The molecule has 2 N–H and O–H groups in total. The van der Waals surface area contributed by atoms with E-state index in [1.807, 2.05) is 0 Å². The summed E-state index contributed by atoms with van der Waals surface area (Å²) < 4.78 is 11.2. The molecule has 0 aromatic heterocycles. The van der Waals surface area contributed by atoms with E-state index in [9.17, 15) is 29.6 Å². The largest absolute Gasteiger partial charge is 0.490 e. The van der Waals surface area contributed by atoms with Gasteiger partial charge < -0.3 is 14.6 Å². The third kappa shape index (κ3) is 5.98. The molecule has 0 radical (unpaired) electrons. The number of carboxylic acids is 1. The van der Waals surface area contributed by atoms with Crippen molar-refractivity contribution in [3.8, 4) is 11.5 Å². The van der Waals surface area contributed by atoms with Crippen molar-refractivity contribution in [3.63, 3.8) is 0 Å². The van der Waals surface area contributed by atoms with Crippen molar-refractivity contribution in [2.24, 2.45) is 0 Å². The minimum atomic E-state index is -1.10. The van der Waals surface area contributed by atoms with Gasteiger partial charge in [0.15, 0.2) is 21.9 Å². The summed E-state index contributed by atoms with van der Waals surface area (Å²) in [4.78, 5) is 47.6. The van der Waals surface area contributed by atoms with Gasteiger partial charge in [-0.05, 0) is 55.4 Å². The number of nitrogens with one attached hydrogen (secondary N) is 1. The highest BCUT2D eigenvalue weighted by molar-refractivity contribution is 8.26. The van der Waals surface area contributed by atoms with E-state index in [1.54, 1.807) is 32.0 Å². The molecule has 2 amide bonds. The number of hydrogen-bond donors (Lipinski definition) is 2. The number of aliphatic carboxylic acids is 1. The molecule has 3 rings (SSSR count). The fraction of sp³-hybridized carbons (Fsp3) is 0.217. The molecule has 36 heavy (non-hydrogen) atoms. The Morgan fingerprint density at radius 2 is 1.97 bits per heavy atom. The van der Waals surface area contributed by atoms with Gasteiger partial charge in [0.05, 0.1) is 16.4 Å². The fourth-order valence-corrected chi connectivity index (χ4v) is 4.32. The lowest BCUT2D eigenvalue weighted by molar-refractivity contribution is -0.385. The number of carbonyl (C=O) groups excluding carboxylic acids is 2. The highest BCUT2D eigenvalue weighted by atomic mass is 32.2. The number of carbonyl (C=O) groups is 3. The smallest absolute Gasteiger partial charge is 0.344 e. The number of thiocarbonyl (C=S) groups is 1. The van der Waals surface area contributed by atoms with Crippen LogP contribution in [0.25, 0.3) is 6.08 Å². The first-order valence-electron chi connectivity index (χ1n) is 10.6. The minimum Gasteiger partial charge on any atom is -0.490 e. The van der Waals surface area contributed by atoms with Crippen LogP contribution in [-0.4, -0.2) is 49.9 Å². The molecule has 13 heteroatoms. The number of ether oxygens (including phenoxy) is 2. The zero-order valence-corrected chi connectivity index (χ0v) is 20.8. The van der Waals surface area contributed by atoms with Gasteiger partial charge in [0.1, 0.15) is 5.56 Å². The van der Waals surface area contributed by atoms with Crippen molar-refractivity contribution in [1.29, 1.82) is 0 Å². The lowest BCUT2D eigenvalue weighted by Gasteiger charge is -2.17. The molecular weight excluding hydrogens is 510 g/mol. The quantitative estimate of drug-likeness (QED) is 0.201. The molecule has 1 aliphatic rings. The summed E-state index contributed by atoms with van der Waals surface area (Å²) in [5, 5.41) is 21.3. The van der Waals surface area contributed by atoms with Gasteiger partial charge in [0, 0.05) is 6.07 Å². The molecule has 2 aromatic carbocycles. The van der Waals surface area contributed by atoms with E-state index in [0.29, 0.717) is 17.9 Å². The van der Waals surface area contributed by atoms with Crippen molar-refractivity contribution < 1.29 is 33.9 Å². The molecule has 1 atom stereocenters. The predicted octanol–water partition coefficient (Wildman–Crippen LogP) is 3.78. The van der Waals surface area contributed by atoms with E-state index in [-0.39, 0.29) is 27.0 Å². The molecule has 0 aliphatic carbocycles. The van der Waals surface area contributed by atoms with Gasteiger partial charge in [-0.15, -0.1) is 0 Å². The first-order chi connectivity index (χ1) is 17.2. The molecule has 0 saturated carbocycles. The highest BCUT2D eigenvalue weighted by Crippen LogP contribution is 2.35. The van der Waals surface area contributed by atoms with Crippen molar-refractivity contribution >= 4 is 57.8 Å². The monoisotopic (exact) mass is 531 g/mol. The van der Waals surface area contributed by atoms with Gasteiger partial charge in [0.25, 0.3) is 17.5 Å². The summed E-state index contributed by atoms with van der Waals surface area (Å²) >= 11 is 6.15. The normalized spacial score (nSPS) is 15.1. The van der Waals surface area contributed by atoms with Crippen molar-refractivity contribution in [2.45, 2.75) is 26.4 Å². The maximum Gasteiger partial charge on any atom is 0.344 e. The third-order valence-corrected chi connectivity index (χ3v) is 6.14. The number of nitro groups is 1. The van der Waals surface area contributed by atoms with Crippen LogP contribution in [0, 0.1) is 10.1 Å². The second kappa shape index (κ2) is 11.6. The third-order valence-electron chi connectivity index (χ3n) is 4.83. The van der Waals surface area contributed by atoms with Crippen LogP contribution in [0.5, 0.6) is 11.5 Å². The topological polar surface area (TPSA) is 148 Å². The molecule has 0 spiro atoms. The molecule has 2 aromatic rings. The zero-order chi connectivity index (χ0) is 26.4. The first-order valence-corrected chi connectivity index (χ1v) is 11.9. The molecule has 11 nitrogen and oxygen atoms in total. The number of carboxylic acid groups (broad SMARTS) is 1. The molecule has 1 unspecified atom stereocenters. The number of nitrogens with zero attached hydrogens (tertiary/aromatic N) is 2. The fourth-order valence-electron chi connectivity index (χ4n) is 3.14. The van der Waals surface area contributed by atoms with E-state index in [1.165, 1.54) is 30.3 Å². The minimum absolute atomic E-state index is 0.0374. The van der Waals surface area contributed by atoms with Crippen LogP contribution in [0.2, 0.25) is 0 Å². The summed E-state index contributed by atoms with van der Waals surface area (Å²) in [6, 6.07) is 10.1. The van der Waals surface area contributed by atoms with E-state index >= 15 is 0 Å². The van der Waals surface area contributed by atoms with Gasteiger partial charge in [-0.3, -0.25) is 25.1 Å². The van der Waals surface area contributed by atoms with Gasteiger partial charge in [0.2, 0.25) is 0 Å². The predicted molar refractivity (Wildman–Crippen MR) is 136 cm³/mol. The summed E-state index contributed by atoms with van der Waals surface area (Å²) in [5.74, 6) is -2.04. The Hall–Kier alpha value is -3.97. The standard InChI is InChI=1S/C23H21N3O8S2/c1-3-16(22(29)30)34-17-10-9-13(11-18(17)33-4-2)12-19-21(28)25(23(35)36-19)24-20(27)14-7-5-6-8-15(14)26(31)32/h5-12,16H,3-4H2,1-2H3,(H,24,27)(H,29,30)/b19-12+. The van der Waals surface area contributed by atoms with Crippen LogP contribution in [0.3, 0.4) is 0 Å². The Labute approximate surface area is 215 Å². The van der Waals surface area contributed by atoms with E-state index < -0.39 is 34.5 Å². The molecule has 188 valence electrons. The second-order valence-corrected chi connectivity index (χ2v) is 8.90. The van der Waals surface area contributed by atoms with Crippen molar-refractivity contribution in [2.75, 3.05) is 6.61 Å². The first kappa shape index (κ1) is 26.6. The van der Waals surface area contributed by atoms with Gasteiger partial charge in [-0.1, -0.05) is 36.9 Å². The Bertz CT molecular complexity index is 1260. The van der Waals surface area contributed by atoms with Crippen LogP contribution in [0.4, 0.5) is 5.69 Å². The van der Waals surface area contributed by atoms with Gasteiger partial charge in [-0.25, -0.2) is 4.79 Å². The lowest BCUT2D eigenvalue weighted by atomic mass is 10.1. The summed E-state index contributed by atoms with van der Waals surface area (Å²) in [5.41, 5.74) is 2.24. The Morgan fingerprint density at radius 1 is 1.25 bits per heavy atom.